The summed E-state index contributed by atoms with van der Waals surface area (Å²) in [6.45, 7) is 23.4. The molecule has 440 valence electrons. The zero-order valence-electron chi connectivity index (χ0n) is 51.5. The van der Waals surface area contributed by atoms with Crippen LogP contribution in [0.1, 0.15) is 312 Å². The summed E-state index contributed by atoms with van der Waals surface area (Å²) in [6.07, 6.45) is 46.4. The molecule has 4 aromatic heterocycles. The molecule has 4 aromatic rings. The number of aromatic hydroxyl groups is 1. The third-order valence-corrected chi connectivity index (χ3v) is 21.4. The first-order valence-electron chi connectivity index (χ1n) is 32.7. The van der Waals surface area contributed by atoms with E-state index in [-0.39, 0.29) is 5.60 Å². The van der Waals surface area contributed by atoms with Gasteiger partial charge >= 0.3 is 0 Å². The summed E-state index contributed by atoms with van der Waals surface area (Å²) in [6, 6.07) is 8.61. The Hall–Kier alpha value is -1.64. The van der Waals surface area contributed by atoms with E-state index in [2.05, 4.69) is 104 Å². The minimum Gasteiger partial charge on any atom is -0.506 e. The Kier molecular flexibility index (Phi) is 34.3. The maximum Gasteiger partial charge on any atom is 0.140 e. The molecule has 1 aliphatic rings. The molecule has 5 heterocycles. The molecule has 0 radical (unpaired) electrons. The molecule has 0 aromatic carbocycles. The van der Waals surface area contributed by atoms with Crippen molar-refractivity contribution >= 4 is 45.3 Å². The molecule has 0 fully saturated rings. The molecule has 2 N–H and O–H groups in total. The van der Waals surface area contributed by atoms with Gasteiger partial charge in [0.25, 0.3) is 0 Å². The lowest BCUT2D eigenvalue weighted by atomic mass is 9.75. The number of unbranched alkanes of at least 4 members (excludes halogenated alkanes) is 16. The maximum atomic E-state index is 12.6. The molecule has 5 rings (SSSR count). The average Bonchev–Trinajstić information content (AvgIpc) is 4.32. The van der Waals surface area contributed by atoms with E-state index in [9.17, 15) is 10.2 Å². The van der Waals surface area contributed by atoms with Crippen LogP contribution in [0.2, 0.25) is 0 Å². The second-order valence-corrected chi connectivity index (χ2v) is 29.3. The van der Waals surface area contributed by atoms with Gasteiger partial charge in [-0.2, -0.15) is 0 Å². The van der Waals surface area contributed by atoms with Gasteiger partial charge in [0.1, 0.15) is 17.1 Å². The van der Waals surface area contributed by atoms with Crippen LogP contribution in [0.15, 0.2) is 45.8 Å². The first kappa shape index (κ1) is 67.9. The van der Waals surface area contributed by atoms with E-state index in [0.717, 1.165) is 70.4 Å². The summed E-state index contributed by atoms with van der Waals surface area (Å²) in [5.74, 6) is 5.78. The fraction of sp³-hybridized carbons (Fsp3) is 0.771. The molecule has 0 saturated carbocycles. The van der Waals surface area contributed by atoms with Gasteiger partial charge < -0.3 is 14.9 Å². The van der Waals surface area contributed by atoms with Crippen molar-refractivity contribution in [1.29, 1.82) is 0 Å². The zero-order valence-corrected chi connectivity index (χ0v) is 54.7. The first-order chi connectivity index (χ1) is 37.3. The van der Waals surface area contributed by atoms with E-state index < -0.39 is 5.60 Å². The summed E-state index contributed by atoms with van der Waals surface area (Å²) in [4.78, 5) is 4.85. The largest absolute Gasteiger partial charge is 0.506 e. The Morgan fingerprint density at radius 1 is 0.455 bits per heavy atom. The van der Waals surface area contributed by atoms with E-state index in [1.165, 1.54) is 221 Å². The van der Waals surface area contributed by atoms with Crippen LogP contribution in [-0.4, -0.2) is 10.2 Å². The van der Waals surface area contributed by atoms with Gasteiger partial charge in [0, 0.05) is 11.1 Å². The molecule has 7 heteroatoms. The minimum absolute atomic E-state index is 0.145. The second kappa shape index (κ2) is 39.0. The summed E-state index contributed by atoms with van der Waals surface area (Å²) in [7, 11) is 0. The maximum absolute atomic E-state index is 12.6. The summed E-state index contributed by atoms with van der Waals surface area (Å²) in [5, 5.41) is 31.8. The molecule has 0 amide bonds. The number of ether oxygens (including phenoxy) is 1. The van der Waals surface area contributed by atoms with Gasteiger partial charge in [-0.15, -0.1) is 45.3 Å². The van der Waals surface area contributed by atoms with Gasteiger partial charge in [-0.3, -0.25) is 0 Å². The molecule has 77 heavy (non-hydrogen) atoms. The topological polar surface area (TPSA) is 49.7 Å². The van der Waals surface area contributed by atoms with Crippen LogP contribution in [-0.2, 0) is 11.2 Å². The van der Waals surface area contributed by atoms with Crippen molar-refractivity contribution in [3.05, 3.63) is 56.9 Å². The van der Waals surface area contributed by atoms with Crippen molar-refractivity contribution in [2.24, 2.45) is 35.5 Å². The highest BCUT2D eigenvalue weighted by Crippen LogP contribution is 2.55. The Morgan fingerprint density at radius 3 is 1.45 bits per heavy atom. The molecule has 0 saturated heterocycles. The fourth-order valence-corrected chi connectivity index (χ4v) is 16.5. The quantitative estimate of drug-likeness (QED) is 0.0434. The number of rotatable bonds is 44. The van der Waals surface area contributed by atoms with Crippen molar-refractivity contribution in [3.63, 3.8) is 0 Å². The van der Waals surface area contributed by atoms with Gasteiger partial charge in [0.05, 0.1) is 25.1 Å². The van der Waals surface area contributed by atoms with Gasteiger partial charge in [0.2, 0.25) is 0 Å². The van der Waals surface area contributed by atoms with Crippen LogP contribution in [0.25, 0.3) is 19.5 Å². The van der Waals surface area contributed by atoms with Gasteiger partial charge in [0.15, 0.2) is 0 Å². The van der Waals surface area contributed by atoms with Crippen LogP contribution < -0.4 is 4.74 Å². The third-order valence-electron chi connectivity index (χ3n) is 17.5. The Labute approximate surface area is 492 Å². The van der Waals surface area contributed by atoms with Gasteiger partial charge in [-0.25, -0.2) is 0 Å². The second-order valence-electron chi connectivity index (χ2n) is 25.6. The van der Waals surface area contributed by atoms with Gasteiger partial charge in [-0.05, 0) is 120 Å². The van der Waals surface area contributed by atoms with Crippen LogP contribution in [0.4, 0.5) is 0 Å². The third kappa shape index (κ3) is 24.8. The molecular weight excluding hydrogens is 1020 g/mol. The highest BCUT2D eigenvalue weighted by molar-refractivity contribution is 7.21. The van der Waals surface area contributed by atoms with E-state index in [0.29, 0.717) is 17.6 Å². The zero-order chi connectivity index (χ0) is 55.7. The summed E-state index contributed by atoms with van der Waals surface area (Å²) < 4.78 is 7.17. The Balaban J connectivity index is 0.000000333. The monoisotopic (exact) mass is 1130 g/mol. The van der Waals surface area contributed by atoms with Gasteiger partial charge in [-0.1, -0.05) is 262 Å². The van der Waals surface area contributed by atoms with Crippen LogP contribution >= 0.6 is 45.3 Å². The van der Waals surface area contributed by atoms with Crippen molar-refractivity contribution in [2.45, 2.75) is 312 Å². The number of fused-ring (bicyclic) bond motifs is 3. The predicted molar refractivity (Wildman–Crippen MR) is 347 cm³/mol. The first-order valence-corrected chi connectivity index (χ1v) is 36.2. The molecule has 6 atom stereocenters. The lowest BCUT2D eigenvalue weighted by Gasteiger charge is -2.41. The van der Waals surface area contributed by atoms with Crippen LogP contribution in [0.5, 0.6) is 11.5 Å². The van der Waals surface area contributed by atoms with Crippen molar-refractivity contribution < 1.29 is 14.9 Å². The minimum atomic E-state index is -0.838. The van der Waals surface area contributed by atoms with E-state index in [1.54, 1.807) is 28.7 Å². The molecule has 0 aliphatic carbocycles. The normalized spacial score (nSPS) is 16.6. The average molecular weight is 1140 g/mol. The molecule has 3 nitrogen and oxygen atoms in total. The Bertz CT molecular complexity index is 2040. The van der Waals surface area contributed by atoms with E-state index >= 15 is 0 Å². The molecule has 0 bridgehead atoms. The van der Waals surface area contributed by atoms with Crippen LogP contribution in [0.3, 0.4) is 0 Å². The molecule has 0 spiro atoms. The van der Waals surface area contributed by atoms with Crippen molar-refractivity contribution in [2.75, 3.05) is 0 Å². The lowest BCUT2D eigenvalue weighted by Crippen LogP contribution is -2.38. The molecular formula is C70H118O3S4. The highest BCUT2D eigenvalue weighted by Gasteiger charge is 2.44. The number of hydrogen-bond donors (Lipinski definition) is 2. The fourth-order valence-electron chi connectivity index (χ4n) is 12.6. The van der Waals surface area contributed by atoms with E-state index in [1.807, 2.05) is 28.1 Å². The SMILES string of the molecule is CCCCCCCCC(CCCCCC)CC(O)(CCC(C)CCCC(C)C)c1ccsc1-c1sccc1O.CCCCCCCCC(CCCCCC)CC1(CCC(C)CCCC(C)C)Oc2ccsc2-c2sccc21. The number of hydrogen-bond acceptors (Lipinski definition) is 7. The van der Waals surface area contributed by atoms with E-state index in [4.69, 9.17) is 4.74 Å². The van der Waals surface area contributed by atoms with Crippen molar-refractivity contribution in [3.8, 4) is 31.0 Å². The molecule has 1 aliphatic heterocycles. The summed E-state index contributed by atoms with van der Waals surface area (Å²) in [5.41, 5.74) is 1.58. The summed E-state index contributed by atoms with van der Waals surface area (Å²) >= 11 is 7.05. The van der Waals surface area contributed by atoms with Crippen LogP contribution in [0, 0.1) is 35.5 Å². The lowest BCUT2D eigenvalue weighted by molar-refractivity contribution is -0.00522. The predicted octanol–water partition coefficient (Wildman–Crippen LogP) is 25.4. The number of thiophene rings is 4. The molecule has 6 unspecified atom stereocenters. The smallest absolute Gasteiger partial charge is 0.140 e. The standard InChI is InChI=1S/C35H60O2S2.C35H58OS2/c1-6-8-10-12-13-15-20-30(19-14-11-9-7-2)27-35(37,24-21-29(5)18-16-17-28(3)4)31-22-25-38-33(31)34-32(36)23-26-39-34;1-6-8-10-12-13-15-20-30(19-14-11-9-7-2)27-35(24-21-29(5)18-16-17-28(3)4)31-22-25-37-33(31)34-32(36-35)23-26-38-34/h22-23,25-26,28-30,36-37H,6-21,24,27H2,1-5H3;22-23,25-26,28-30H,6-21,24,27H2,1-5H3. The highest BCUT2D eigenvalue weighted by atomic mass is 32.1. The van der Waals surface area contributed by atoms with Crippen molar-refractivity contribution in [1.82, 2.24) is 0 Å². The number of aliphatic hydroxyl groups is 1. The Morgan fingerprint density at radius 2 is 0.909 bits per heavy atom.